The van der Waals surface area contributed by atoms with E-state index in [4.69, 9.17) is 14.2 Å². The van der Waals surface area contributed by atoms with Crippen molar-refractivity contribution in [2.75, 3.05) is 19.8 Å². The summed E-state index contributed by atoms with van der Waals surface area (Å²) in [5.74, 6) is 2.14. The van der Waals surface area contributed by atoms with Crippen LogP contribution in [-0.4, -0.2) is 47.3 Å². The average molecular weight is 858 g/mol. The number of aliphatic hydroxyl groups is 2. The quantitative estimate of drug-likeness (QED) is 0.125. The Morgan fingerprint density at radius 1 is 0.636 bits per heavy atom. The molecule has 44 heavy (non-hydrogen) atoms. The summed E-state index contributed by atoms with van der Waals surface area (Å²) >= 11 is 14.5. The second-order valence-corrected chi connectivity index (χ2v) is 14.5. The molecule has 10 heteroatoms. The molecule has 2 unspecified atom stereocenters. The van der Waals surface area contributed by atoms with Gasteiger partial charge in [0.15, 0.2) is 0 Å². The summed E-state index contributed by atoms with van der Waals surface area (Å²) in [7, 11) is 0. The molecule has 0 aliphatic rings. The topological polar surface area (TPSA) is 88.4 Å². The number of aliphatic hydroxyl groups excluding tert-OH is 2. The fourth-order valence-electron chi connectivity index (χ4n) is 4.46. The zero-order chi connectivity index (χ0) is 32.0. The number of phenolic OH excluding ortho intramolecular Hbond substituents is 1. The number of benzene rings is 4. The maximum Gasteiger partial charge on any atom is 0.147 e. The highest BCUT2D eigenvalue weighted by molar-refractivity contribution is 9.11. The van der Waals surface area contributed by atoms with Crippen LogP contribution in [0.25, 0.3) is 0 Å². The third-order valence-electron chi connectivity index (χ3n) is 7.04. The molecule has 4 rings (SSSR count). The highest BCUT2D eigenvalue weighted by Crippen LogP contribution is 2.44. The molecular formula is C34H34Br4O6. The number of phenols is 1. The Morgan fingerprint density at radius 3 is 1.50 bits per heavy atom. The number of hydrogen-bond donors (Lipinski definition) is 3. The van der Waals surface area contributed by atoms with E-state index in [0.717, 1.165) is 46.6 Å². The van der Waals surface area contributed by atoms with Crippen molar-refractivity contribution < 1.29 is 29.5 Å². The molecule has 4 aromatic carbocycles. The van der Waals surface area contributed by atoms with Crippen molar-refractivity contribution in [1.29, 1.82) is 0 Å². The zero-order valence-corrected chi connectivity index (χ0v) is 30.8. The highest BCUT2D eigenvalue weighted by atomic mass is 79.9. The van der Waals surface area contributed by atoms with Crippen LogP contribution >= 0.6 is 63.7 Å². The molecule has 0 aliphatic heterocycles. The smallest absolute Gasteiger partial charge is 0.147 e. The predicted molar refractivity (Wildman–Crippen MR) is 187 cm³/mol. The SMILES string of the molecule is CC(O)COc1c(Br)cc(C(C)(C)c2cc(Br)c(OCC(O)COc3ccc(Cc4ccc(O)cc4)cc3)c(Br)c2)cc1Br. The van der Waals surface area contributed by atoms with Gasteiger partial charge in [0, 0.05) is 5.41 Å². The van der Waals surface area contributed by atoms with Crippen molar-refractivity contribution in [3.8, 4) is 23.0 Å². The Kier molecular flexibility index (Phi) is 12.2. The Labute approximate surface area is 291 Å². The maximum absolute atomic E-state index is 10.6. The number of aromatic hydroxyl groups is 1. The first-order valence-electron chi connectivity index (χ1n) is 13.9. The molecule has 0 spiro atoms. The predicted octanol–water partition coefficient (Wildman–Crippen LogP) is 8.94. The second-order valence-electron chi connectivity index (χ2n) is 11.1. The minimum absolute atomic E-state index is 0.0483. The number of halogens is 4. The first-order valence-corrected chi connectivity index (χ1v) is 17.1. The summed E-state index contributed by atoms with van der Waals surface area (Å²) in [5.41, 5.74) is 3.93. The number of hydrogen-bond acceptors (Lipinski definition) is 6. The van der Waals surface area contributed by atoms with Crippen LogP contribution in [-0.2, 0) is 11.8 Å². The molecule has 2 atom stereocenters. The molecule has 0 saturated carbocycles. The zero-order valence-electron chi connectivity index (χ0n) is 24.5. The van der Waals surface area contributed by atoms with E-state index in [1.807, 2.05) is 60.7 Å². The minimum Gasteiger partial charge on any atom is -0.508 e. The Bertz CT molecular complexity index is 1510. The molecule has 0 saturated heterocycles. The molecule has 3 N–H and O–H groups in total. The number of rotatable bonds is 13. The Morgan fingerprint density at radius 2 is 1.05 bits per heavy atom. The van der Waals surface area contributed by atoms with Gasteiger partial charge >= 0.3 is 0 Å². The second kappa shape index (κ2) is 15.5. The van der Waals surface area contributed by atoms with Crippen molar-refractivity contribution in [2.24, 2.45) is 0 Å². The third-order valence-corrected chi connectivity index (χ3v) is 9.40. The van der Waals surface area contributed by atoms with Gasteiger partial charge in [0.05, 0.1) is 24.0 Å². The highest BCUT2D eigenvalue weighted by Gasteiger charge is 2.27. The lowest BCUT2D eigenvalue weighted by Crippen LogP contribution is -2.25. The first-order chi connectivity index (χ1) is 20.8. The lowest BCUT2D eigenvalue weighted by molar-refractivity contribution is 0.0621. The minimum atomic E-state index is -0.842. The summed E-state index contributed by atoms with van der Waals surface area (Å²) in [6.45, 7) is 6.27. The largest absolute Gasteiger partial charge is 0.508 e. The van der Waals surface area contributed by atoms with Gasteiger partial charge in [0.2, 0.25) is 0 Å². The van der Waals surface area contributed by atoms with Crippen LogP contribution in [0.1, 0.15) is 43.0 Å². The van der Waals surface area contributed by atoms with Gasteiger partial charge in [-0.3, -0.25) is 0 Å². The van der Waals surface area contributed by atoms with E-state index in [9.17, 15) is 15.3 Å². The van der Waals surface area contributed by atoms with Gasteiger partial charge in [-0.1, -0.05) is 38.1 Å². The number of ether oxygens (including phenoxy) is 3. The first kappa shape index (κ1) is 34.8. The van der Waals surface area contributed by atoms with Crippen molar-refractivity contribution in [3.05, 3.63) is 113 Å². The van der Waals surface area contributed by atoms with E-state index < -0.39 is 12.2 Å². The van der Waals surface area contributed by atoms with Crippen molar-refractivity contribution >= 4 is 63.7 Å². The van der Waals surface area contributed by atoms with Crippen LogP contribution in [0.3, 0.4) is 0 Å². The molecule has 4 aromatic rings. The summed E-state index contributed by atoms with van der Waals surface area (Å²) in [4.78, 5) is 0. The molecule has 0 aliphatic carbocycles. The van der Waals surface area contributed by atoms with E-state index in [0.29, 0.717) is 17.2 Å². The van der Waals surface area contributed by atoms with Crippen LogP contribution in [0.15, 0.2) is 90.7 Å². The monoisotopic (exact) mass is 854 g/mol. The molecular weight excluding hydrogens is 824 g/mol. The van der Waals surface area contributed by atoms with Crippen molar-refractivity contribution in [1.82, 2.24) is 0 Å². The molecule has 0 radical (unpaired) electrons. The lowest BCUT2D eigenvalue weighted by Gasteiger charge is -2.28. The molecule has 0 fully saturated rings. The van der Waals surface area contributed by atoms with Crippen LogP contribution in [0.2, 0.25) is 0 Å². The van der Waals surface area contributed by atoms with Gasteiger partial charge < -0.3 is 29.5 Å². The van der Waals surface area contributed by atoms with Gasteiger partial charge in [-0.15, -0.1) is 0 Å². The van der Waals surface area contributed by atoms with Gasteiger partial charge in [-0.05, 0) is 148 Å². The van der Waals surface area contributed by atoms with Crippen molar-refractivity contribution in [3.63, 3.8) is 0 Å². The normalized spacial score (nSPS) is 12.9. The van der Waals surface area contributed by atoms with Gasteiger partial charge in [0.1, 0.15) is 48.9 Å². The Balaban J connectivity index is 1.35. The molecule has 234 valence electrons. The van der Waals surface area contributed by atoms with E-state index in [-0.39, 0.29) is 31.0 Å². The van der Waals surface area contributed by atoms with Crippen LogP contribution in [0, 0.1) is 0 Å². The van der Waals surface area contributed by atoms with Crippen LogP contribution in [0.4, 0.5) is 0 Å². The van der Waals surface area contributed by atoms with Crippen LogP contribution in [0.5, 0.6) is 23.0 Å². The average Bonchev–Trinajstić information content (AvgIpc) is 2.96. The molecule has 0 amide bonds. The van der Waals surface area contributed by atoms with E-state index in [1.165, 1.54) is 0 Å². The fraction of sp³-hybridized carbons (Fsp3) is 0.294. The van der Waals surface area contributed by atoms with Crippen molar-refractivity contribution in [2.45, 2.75) is 44.8 Å². The standard InChI is InChI=1S/C34H34Br4O6/c1-20(39)17-43-32-28(35)13-23(14-29(32)36)34(2,3)24-15-30(37)33(31(38)16-24)44-19-26(41)18-42-27-10-6-22(7-11-27)12-21-4-8-25(40)9-5-21/h4-11,13-16,20,26,39-41H,12,17-19H2,1-3H3. The molecule has 0 aromatic heterocycles. The summed E-state index contributed by atoms with van der Waals surface area (Å²) < 4.78 is 20.6. The van der Waals surface area contributed by atoms with E-state index in [1.54, 1.807) is 19.1 Å². The summed E-state index contributed by atoms with van der Waals surface area (Å²) in [6, 6.07) is 23.0. The van der Waals surface area contributed by atoms with Gasteiger partial charge in [-0.2, -0.15) is 0 Å². The van der Waals surface area contributed by atoms with E-state index >= 15 is 0 Å². The third kappa shape index (κ3) is 9.23. The van der Waals surface area contributed by atoms with Crippen LogP contribution < -0.4 is 14.2 Å². The Hall–Kier alpha value is -2.08. The van der Waals surface area contributed by atoms with E-state index in [2.05, 4.69) is 77.6 Å². The fourth-order valence-corrected chi connectivity index (χ4v) is 7.29. The molecule has 6 nitrogen and oxygen atoms in total. The lowest BCUT2D eigenvalue weighted by atomic mass is 9.78. The van der Waals surface area contributed by atoms with Gasteiger partial charge in [-0.25, -0.2) is 0 Å². The van der Waals surface area contributed by atoms with Gasteiger partial charge in [0.25, 0.3) is 0 Å². The summed E-state index contributed by atoms with van der Waals surface area (Å²) in [5, 5.41) is 29.6. The summed E-state index contributed by atoms with van der Waals surface area (Å²) in [6.07, 6.45) is -0.668. The molecule has 0 heterocycles. The maximum atomic E-state index is 10.6. The molecule has 0 bridgehead atoms.